The molecule has 1 aliphatic heterocycles. The molecule has 0 aromatic heterocycles. The molecule has 1 aromatic carbocycles. The number of aliphatic carboxylic acids is 1. The molecule has 1 saturated heterocycles. The third kappa shape index (κ3) is 3.62. The van der Waals surface area contributed by atoms with Crippen molar-refractivity contribution in [2.24, 2.45) is 0 Å². The predicted octanol–water partition coefficient (Wildman–Crippen LogP) is 2.03. The molecule has 0 saturated carbocycles. The normalized spacial score (nSPS) is 18.4. The Hall–Kier alpha value is -1.85. The predicted molar refractivity (Wildman–Crippen MR) is 79.3 cm³/mol. The molecular formula is C15H16ClNO4. The molecular weight excluding hydrogens is 294 g/mol. The van der Waals surface area contributed by atoms with Gasteiger partial charge in [0.2, 0.25) is 0 Å². The maximum atomic E-state index is 12.4. The Labute approximate surface area is 127 Å². The number of likely N-dealkylation sites (tertiary alicyclic amines) is 1. The summed E-state index contributed by atoms with van der Waals surface area (Å²) in [6, 6.07) is 4.61. The molecule has 1 aromatic rings. The number of carbonyl (C=O) groups is 2. The number of carboxylic acid groups (broad SMARTS) is 1. The van der Waals surface area contributed by atoms with Crippen LogP contribution in [0.1, 0.15) is 28.8 Å². The second kappa shape index (κ2) is 6.74. The fourth-order valence-electron chi connectivity index (χ4n) is 2.42. The molecule has 1 atom stereocenters. The van der Waals surface area contributed by atoms with Crippen molar-refractivity contribution in [2.75, 3.05) is 13.2 Å². The Morgan fingerprint density at radius 1 is 1.43 bits per heavy atom. The van der Waals surface area contributed by atoms with Crippen LogP contribution >= 0.6 is 11.6 Å². The van der Waals surface area contributed by atoms with E-state index in [1.165, 1.54) is 12.1 Å². The molecule has 1 aliphatic rings. The molecule has 0 bridgehead atoms. The number of aliphatic hydroxyl groups excluding tert-OH is 1. The van der Waals surface area contributed by atoms with Crippen LogP contribution in [-0.4, -0.2) is 46.2 Å². The van der Waals surface area contributed by atoms with Gasteiger partial charge < -0.3 is 15.1 Å². The smallest absolute Gasteiger partial charge is 0.328 e. The molecule has 2 rings (SSSR count). The average molecular weight is 310 g/mol. The van der Waals surface area contributed by atoms with Gasteiger partial charge in [0.05, 0.1) is 12.6 Å². The van der Waals surface area contributed by atoms with Crippen molar-refractivity contribution in [3.63, 3.8) is 0 Å². The lowest BCUT2D eigenvalue weighted by Gasteiger charge is -2.23. The first-order chi connectivity index (χ1) is 10.0. The van der Waals surface area contributed by atoms with Gasteiger partial charge >= 0.3 is 5.97 Å². The van der Waals surface area contributed by atoms with Crippen molar-refractivity contribution >= 4 is 29.6 Å². The number of halogens is 1. The highest BCUT2D eigenvalue weighted by Gasteiger charge is 2.28. The van der Waals surface area contributed by atoms with Gasteiger partial charge in [0.25, 0.3) is 5.91 Å². The lowest BCUT2D eigenvalue weighted by atomic mass is 10.1. The minimum atomic E-state index is -1.06. The quantitative estimate of drug-likeness (QED) is 0.834. The summed E-state index contributed by atoms with van der Waals surface area (Å²) in [5.74, 6) is -1.23. The fraction of sp³-hybridized carbons (Fsp3) is 0.333. The molecule has 0 radical (unpaired) electrons. The van der Waals surface area contributed by atoms with Gasteiger partial charge in [-0.05, 0) is 36.6 Å². The largest absolute Gasteiger partial charge is 0.478 e. The Bertz CT molecular complexity index is 585. The van der Waals surface area contributed by atoms with Gasteiger partial charge in [0.15, 0.2) is 0 Å². The number of rotatable bonds is 4. The van der Waals surface area contributed by atoms with Crippen molar-refractivity contribution in [3.8, 4) is 0 Å². The monoisotopic (exact) mass is 309 g/mol. The van der Waals surface area contributed by atoms with E-state index in [4.69, 9.17) is 16.7 Å². The summed E-state index contributed by atoms with van der Waals surface area (Å²) in [4.78, 5) is 24.5. The van der Waals surface area contributed by atoms with Crippen molar-refractivity contribution in [3.05, 3.63) is 40.4 Å². The molecule has 1 amide bonds. The zero-order valence-electron chi connectivity index (χ0n) is 11.3. The van der Waals surface area contributed by atoms with E-state index in [1.54, 1.807) is 17.0 Å². The maximum absolute atomic E-state index is 12.4. The van der Waals surface area contributed by atoms with Crippen molar-refractivity contribution in [1.29, 1.82) is 0 Å². The number of carboxylic acids is 1. The van der Waals surface area contributed by atoms with Gasteiger partial charge in [0.1, 0.15) is 0 Å². The van der Waals surface area contributed by atoms with Gasteiger partial charge in [-0.15, -0.1) is 0 Å². The van der Waals surface area contributed by atoms with Gasteiger partial charge in [-0.3, -0.25) is 4.79 Å². The fourth-order valence-corrected chi connectivity index (χ4v) is 2.66. The first-order valence-corrected chi connectivity index (χ1v) is 7.03. The van der Waals surface area contributed by atoms with E-state index in [2.05, 4.69) is 0 Å². The van der Waals surface area contributed by atoms with E-state index in [9.17, 15) is 14.7 Å². The van der Waals surface area contributed by atoms with Crippen LogP contribution < -0.4 is 0 Å². The summed E-state index contributed by atoms with van der Waals surface area (Å²) in [5.41, 5.74) is 0.976. The zero-order chi connectivity index (χ0) is 15.4. The van der Waals surface area contributed by atoms with E-state index in [0.717, 1.165) is 18.9 Å². The van der Waals surface area contributed by atoms with Crippen LogP contribution in [0.15, 0.2) is 24.3 Å². The summed E-state index contributed by atoms with van der Waals surface area (Å²) in [6.07, 6.45) is 4.05. The van der Waals surface area contributed by atoms with Crippen LogP contribution in [0.4, 0.5) is 0 Å². The number of carbonyl (C=O) groups excluding carboxylic acids is 1. The molecule has 21 heavy (non-hydrogen) atoms. The minimum Gasteiger partial charge on any atom is -0.478 e. The molecule has 112 valence electrons. The number of benzene rings is 1. The lowest BCUT2D eigenvalue weighted by Crippen LogP contribution is -2.37. The number of hydrogen-bond acceptors (Lipinski definition) is 3. The molecule has 2 N–H and O–H groups in total. The standard InChI is InChI=1S/C15H16ClNO4/c16-13-8-11(4-3-10(13)5-6-14(19)20)15(21)17-7-1-2-12(17)9-18/h3-6,8,12,18H,1-2,7,9H2,(H,19,20)/b6-5+. The third-order valence-electron chi connectivity index (χ3n) is 3.50. The Morgan fingerprint density at radius 2 is 2.19 bits per heavy atom. The second-order valence-corrected chi connectivity index (χ2v) is 5.29. The van der Waals surface area contributed by atoms with E-state index in [-0.39, 0.29) is 18.6 Å². The van der Waals surface area contributed by atoms with Crippen LogP contribution in [-0.2, 0) is 4.79 Å². The van der Waals surface area contributed by atoms with E-state index in [0.29, 0.717) is 22.7 Å². The van der Waals surface area contributed by atoms with Gasteiger partial charge in [-0.25, -0.2) is 4.79 Å². The first-order valence-electron chi connectivity index (χ1n) is 6.65. The van der Waals surface area contributed by atoms with Crippen LogP contribution in [0.25, 0.3) is 6.08 Å². The van der Waals surface area contributed by atoms with Gasteiger partial charge in [-0.2, -0.15) is 0 Å². The number of amides is 1. The summed E-state index contributed by atoms with van der Waals surface area (Å²) in [5, 5.41) is 18.2. The van der Waals surface area contributed by atoms with Crippen LogP contribution in [0.2, 0.25) is 5.02 Å². The highest BCUT2D eigenvalue weighted by Crippen LogP contribution is 2.23. The number of nitrogens with zero attached hydrogens (tertiary/aromatic N) is 1. The first kappa shape index (κ1) is 15.5. The highest BCUT2D eigenvalue weighted by atomic mass is 35.5. The summed E-state index contributed by atoms with van der Waals surface area (Å²) < 4.78 is 0. The molecule has 0 spiro atoms. The molecule has 1 heterocycles. The van der Waals surface area contributed by atoms with E-state index < -0.39 is 5.97 Å². The SMILES string of the molecule is O=C(O)/C=C/c1ccc(C(=O)N2CCCC2CO)cc1Cl. The number of hydrogen-bond donors (Lipinski definition) is 2. The summed E-state index contributed by atoms with van der Waals surface area (Å²) in [7, 11) is 0. The van der Waals surface area contributed by atoms with Crippen molar-refractivity contribution in [1.82, 2.24) is 4.90 Å². The molecule has 5 nitrogen and oxygen atoms in total. The Kier molecular flexibility index (Phi) is 4.98. The number of aliphatic hydroxyl groups is 1. The summed E-state index contributed by atoms with van der Waals surface area (Å²) >= 11 is 6.07. The van der Waals surface area contributed by atoms with Crippen LogP contribution in [0.5, 0.6) is 0 Å². The molecule has 1 fully saturated rings. The minimum absolute atomic E-state index is 0.0428. The Morgan fingerprint density at radius 3 is 2.81 bits per heavy atom. The van der Waals surface area contributed by atoms with E-state index in [1.807, 2.05) is 0 Å². The van der Waals surface area contributed by atoms with Crippen LogP contribution in [0, 0.1) is 0 Å². The van der Waals surface area contributed by atoms with Gasteiger partial charge in [-0.1, -0.05) is 17.7 Å². The molecule has 6 heteroatoms. The van der Waals surface area contributed by atoms with Crippen molar-refractivity contribution in [2.45, 2.75) is 18.9 Å². The molecule has 1 unspecified atom stereocenters. The summed E-state index contributed by atoms with van der Waals surface area (Å²) in [6.45, 7) is 0.585. The van der Waals surface area contributed by atoms with Gasteiger partial charge in [0, 0.05) is 23.2 Å². The van der Waals surface area contributed by atoms with E-state index >= 15 is 0 Å². The molecule has 0 aliphatic carbocycles. The zero-order valence-corrected chi connectivity index (χ0v) is 12.1. The van der Waals surface area contributed by atoms with Crippen molar-refractivity contribution < 1.29 is 19.8 Å². The highest BCUT2D eigenvalue weighted by molar-refractivity contribution is 6.32. The van der Waals surface area contributed by atoms with Crippen LogP contribution in [0.3, 0.4) is 0 Å². The Balaban J connectivity index is 2.19. The maximum Gasteiger partial charge on any atom is 0.328 e. The second-order valence-electron chi connectivity index (χ2n) is 4.89. The average Bonchev–Trinajstić information content (AvgIpc) is 2.93. The topological polar surface area (TPSA) is 77.8 Å². The third-order valence-corrected chi connectivity index (χ3v) is 3.83. The lowest BCUT2D eigenvalue weighted by molar-refractivity contribution is -0.131.